The maximum atomic E-state index is 12.2. The second-order valence-corrected chi connectivity index (χ2v) is 5.06. The number of nitrogens with one attached hydrogen (secondary N) is 1. The van der Waals surface area contributed by atoms with Crippen LogP contribution in [0.25, 0.3) is 0 Å². The van der Waals surface area contributed by atoms with Crippen LogP contribution in [0.1, 0.15) is 27.7 Å². The lowest BCUT2D eigenvalue weighted by Crippen LogP contribution is -2.10. The number of anilines is 1. The van der Waals surface area contributed by atoms with E-state index in [0.29, 0.717) is 17.1 Å². The summed E-state index contributed by atoms with van der Waals surface area (Å²) in [6, 6.07) is 11.5. The molecule has 0 radical (unpaired) electrons. The Morgan fingerprint density at radius 3 is 2.64 bits per heavy atom. The van der Waals surface area contributed by atoms with Gasteiger partial charge in [-0.15, -0.1) is 0 Å². The zero-order valence-corrected chi connectivity index (χ0v) is 12.7. The van der Waals surface area contributed by atoms with Crippen LogP contribution in [0.3, 0.4) is 0 Å². The van der Waals surface area contributed by atoms with Crippen molar-refractivity contribution in [3.8, 4) is 11.5 Å². The van der Waals surface area contributed by atoms with Crippen LogP contribution < -0.4 is 14.8 Å². The Hall–Kier alpha value is -2.69. The lowest BCUT2D eigenvalue weighted by Gasteiger charge is -2.15. The van der Waals surface area contributed by atoms with E-state index < -0.39 is 12.2 Å². The Kier molecular flexibility index (Phi) is 3.63. The van der Waals surface area contributed by atoms with Gasteiger partial charge in [-0.3, -0.25) is 0 Å². The number of benzene rings is 2. The maximum absolute atomic E-state index is 12.2. The molecule has 5 nitrogen and oxygen atoms in total. The van der Waals surface area contributed by atoms with Crippen LogP contribution in [0, 0.1) is 6.92 Å². The summed E-state index contributed by atoms with van der Waals surface area (Å²) in [6.45, 7) is 2.01. The zero-order chi connectivity index (χ0) is 15.7. The van der Waals surface area contributed by atoms with Gasteiger partial charge in [-0.2, -0.15) is 0 Å². The van der Waals surface area contributed by atoms with Crippen molar-refractivity contribution in [2.24, 2.45) is 0 Å². The van der Waals surface area contributed by atoms with Crippen LogP contribution in [0.4, 0.5) is 5.69 Å². The Morgan fingerprint density at radius 1 is 1.14 bits per heavy atom. The summed E-state index contributed by atoms with van der Waals surface area (Å²) in [6.07, 6.45) is -0.538. The van der Waals surface area contributed by atoms with Crippen LogP contribution in [0.2, 0.25) is 0 Å². The first-order chi connectivity index (χ1) is 10.6. The Balaban J connectivity index is 1.98. The van der Waals surface area contributed by atoms with Crippen molar-refractivity contribution < 1.29 is 19.0 Å². The van der Waals surface area contributed by atoms with E-state index in [4.69, 9.17) is 14.2 Å². The molecule has 3 rings (SSSR count). The molecular weight excluding hydrogens is 282 g/mol. The standard InChI is InChI=1S/C17H17NO4/c1-10-5-4-6-11(9-10)18-16-12-7-8-13(20-2)15(21-3)14(12)17(19)22-16/h4-9,16,18H,1-3H3/t16-/m0/s1. The smallest absolute Gasteiger partial charge is 0.344 e. The van der Waals surface area contributed by atoms with Crippen molar-refractivity contribution in [2.45, 2.75) is 13.2 Å². The Labute approximate surface area is 128 Å². The topological polar surface area (TPSA) is 56.8 Å². The number of rotatable bonds is 4. The van der Waals surface area contributed by atoms with Gasteiger partial charge in [0.1, 0.15) is 5.56 Å². The molecule has 0 aromatic heterocycles. The molecule has 0 bridgehead atoms. The highest BCUT2D eigenvalue weighted by Gasteiger charge is 2.35. The average molecular weight is 299 g/mol. The summed E-state index contributed by atoms with van der Waals surface area (Å²) in [4.78, 5) is 12.2. The number of esters is 1. The number of carbonyl (C=O) groups excluding carboxylic acids is 1. The first kappa shape index (κ1) is 14.3. The van der Waals surface area contributed by atoms with Crippen molar-refractivity contribution >= 4 is 11.7 Å². The summed E-state index contributed by atoms with van der Waals surface area (Å²) in [5.74, 6) is 0.490. The molecule has 1 atom stereocenters. The second kappa shape index (κ2) is 5.60. The molecule has 5 heteroatoms. The quantitative estimate of drug-likeness (QED) is 0.878. The molecule has 0 saturated heterocycles. The van der Waals surface area contributed by atoms with Gasteiger partial charge in [0.15, 0.2) is 11.5 Å². The lowest BCUT2D eigenvalue weighted by molar-refractivity contribution is 0.0435. The van der Waals surface area contributed by atoms with Crippen LogP contribution in [-0.4, -0.2) is 20.2 Å². The van der Waals surface area contributed by atoms with Crippen molar-refractivity contribution in [2.75, 3.05) is 19.5 Å². The van der Waals surface area contributed by atoms with E-state index in [2.05, 4.69) is 5.32 Å². The fourth-order valence-corrected chi connectivity index (χ4v) is 2.59. The zero-order valence-electron chi connectivity index (χ0n) is 12.7. The summed E-state index contributed by atoms with van der Waals surface area (Å²) in [5, 5.41) is 3.22. The number of hydrogen-bond donors (Lipinski definition) is 1. The van der Waals surface area contributed by atoms with Crippen LogP contribution in [0.5, 0.6) is 11.5 Å². The Morgan fingerprint density at radius 2 is 1.95 bits per heavy atom. The third kappa shape index (κ3) is 2.35. The van der Waals surface area contributed by atoms with Crippen molar-refractivity contribution in [3.63, 3.8) is 0 Å². The minimum absolute atomic E-state index is 0.401. The van der Waals surface area contributed by atoms with Gasteiger partial charge in [0, 0.05) is 11.3 Å². The second-order valence-electron chi connectivity index (χ2n) is 5.06. The molecule has 2 aromatic carbocycles. The minimum Gasteiger partial charge on any atom is -0.493 e. The molecule has 1 N–H and O–H groups in total. The van der Waals surface area contributed by atoms with E-state index in [1.54, 1.807) is 6.07 Å². The van der Waals surface area contributed by atoms with Gasteiger partial charge in [0.2, 0.25) is 6.23 Å². The predicted octanol–water partition coefficient (Wildman–Crippen LogP) is 3.29. The molecule has 2 aromatic rings. The highest BCUT2D eigenvalue weighted by molar-refractivity contribution is 5.98. The fourth-order valence-electron chi connectivity index (χ4n) is 2.59. The van der Waals surface area contributed by atoms with Gasteiger partial charge >= 0.3 is 5.97 Å². The predicted molar refractivity (Wildman–Crippen MR) is 82.5 cm³/mol. The highest BCUT2D eigenvalue weighted by atomic mass is 16.6. The number of fused-ring (bicyclic) bond motifs is 1. The number of aryl methyl sites for hydroxylation is 1. The van der Waals surface area contributed by atoms with Crippen LogP contribution in [-0.2, 0) is 4.74 Å². The van der Waals surface area contributed by atoms with Gasteiger partial charge in [-0.05, 0) is 36.8 Å². The average Bonchev–Trinajstić information content (AvgIpc) is 2.82. The molecule has 0 fully saturated rings. The van der Waals surface area contributed by atoms with Crippen molar-refractivity contribution in [3.05, 3.63) is 53.1 Å². The first-order valence-corrected chi connectivity index (χ1v) is 6.93. The number of hydrogen-bond acceptors (Lipinski definition) is 5. The number of ether oxygens (including phenoxy) is 3. The molecule has 0 spiro atoms. The largest absolute Gasteiger partial charge is 0.493 e. The summed E-state index contributed by atoms with van der Waals surface area (Å²) >= 11 is 0. The summed E-state index contributed by atoms with van der Waals surface area (Å²) < 4.78 is 16.0. The molecule has 0 unspecified atom stereocenters. The molecule has 114 valence electrons. The molecule has 1 aliphatic heterocycles. The minimum atomic E-state index is -0.538. The SMILES string of the molecule is COc1ccc2c(c1OC)C(=O)O[C@@H]2Nc1cccc(C)c1. The van der Waals surface area contributed by atoms with E-state index in [1.165, 1.54) is 14.2 Å². The van der Waals surface area contributed by atoms with Crippen molar-refractivity contribution in [1.82, 2.24) is 0 Å². The van der Waals surface area contributed by atoms with Gasteiger partial charge in [-0.25, -0.2) is 4.79 Å². The third-order valence-electron chi connectivity index (χ3n) is 3.61. The number of cyclic esters (lactones) is 1. The Bertz CT molecular complexity index is 727. The molecule has 0 saturated carbocycles. The summed E-state index contributed by atoms with van der Waals surface area (Å²) in [7, 11) is 3.04. The fraction of sp³-hybridized carbons (Fsp3) is 0.235. The maximum Gasteiger partial charge on any atom is 0.344 e. The molecule has 0 aliphatic carbocycles. The van der Waals surface area contributed by atoms with E-state index in [1.807, 2.05) is 37.3 Å². The molecule has 1 heterocycles. The molecule has 0 amide bonds. The van der Waals surface area contributed by atoms with Gasteiger partial charge < -0.3 is 19.5 Å². The van der Waals surface area contributed by atoms with Crippen molar-refractivity contribution in [1.29, 1.82) is 0 Å². The monoisotopic (exact) mass is 299 g/mol. The lowest BCUT2D eigenvalue weighted by atomic mass is 10.1. The first-order valence-electron chi connectivity index (χ1n) is 6.93. The van der Waals surface area contributed by atoms with Gasteiger partial charge in [0.25, 0.3) is 0 Å². The third-order valence-corrected chi connectivity index (χ3v) is 3.61. The van der Waals surface area contributed by atoms with E-state index in [9.17, 15) is 4.79 Å². The molecular formula is C17H17NO4. The van der Waals surface area contributed by atoms with Gasteiger partial charge in [0.05, 0.1) is 14.2 Å². The molecule has 1 aliphatic rings. The summed E-state index contributed by atoms with van der Waals surface area (Å²) in [5.41, 5.74) is 3.17. The van der Waals surface area contributed by atoms with Crippen LogP contribution >= 0.6 is 0 Å². The number of carbonyl (C=O) groups is 1. The molecule has 22 heavy (non-hydrogen) atoms. The van der Waals surface area contributed by atoms with E-state index >= 15 is 0 Å². The number of methoxy groups -OCH3 is 2. The van der Waals surface area contributed by atoms with Crippen LogP contribution in [0.15, 0.2) is 36.4 Å². The highest BCUT2D eigenvalue weighted by Crippen LogP contribution is 2.42. The van der Waals surface area contributed by atoms with E-state index in [0.717, 1.165) is 16.8 Å². The van der Waals surface area contributed by atoms with Gasteiger partial charge in [-0.1, -0.05) is 12.1 Å². The normalized spacial score (nSPS) is 16.0. The van der Waals surface area contributed by atoms with E-state index in [-0.39, 0.29) is 0 Å².